The lowest BCUT2D eigenvalue weighted by Gasteiger charge is -2.07. The van der Waals surface area contributed by atoms with E-state index in [0.717, 1.165) is 5.56 Å². The van der Waals surface area contributed by atoms with Gasteiger partial charge in [-0.25, -0.2) is 4.79 Å². The Morgan fingerprint density at radius 3 is 3.07 bits per heavy atom. The molecule has 0 saturated carbocycles. The average Bonchev–Trinajstić information content (AvgIpc) is 2.55. The molecule has 0 radical (unpaired) electrons. The SMILES string of the molecule is NC(CS)c1ccc2oc(=O)[nH]c2c1. The van der Waals surface area contributed by atoms with Crippen LogP contribution in [0.4, 0.5) is 0 Å². The van der Waals surface area contributed by atoms with Crippen LogP contribution >= 0.6 is 12.6 Å². The molecule has 1 unspecified atom stereocenters. The van der Waals surface area contributed by atoms with E-state index in [4.69, 9.17) is 10.2 Å². The molecule has 2 rings (SSSR count). The highest BCUT2D eigenvalue weighted by molar-refractivity contribution is 7.80. The molecule has 0 bridgehead atoms. The smallest absolute Gasteiger partial charge is 0.408 e. The van der Waals surface area contributed by atoms with Crippen LogP contribution in [0.15, 0.2) is 27.4 Å². The Labute approximate surface area is 85.5 Å². The number of fused-ring (bicyclic) bond motifs is 1. The fourth-order valence-corrected chi connectivity index (χ4v) is 1.52. The Balaban J connectivity index is 2.55. The van der Waals surface area contributed by atoms with Crippen molar-refractivity contribution in [1.82, 2.24) is 4.98 Å². The van der Waals surface area contributed by atoms with E-state index in [0.29, 0.717) is 16.9 Å². The minimum atomic E-state index is -0.448. The normalized spacial score (nSPS) is 13.3. The summed E-state index contributed by atoms with van der Waals surface area (Å²) in [6.07, 6.45) is 0. The van der Waals surface area contributed by atoms with Crippen LogP contribution < -0.4 is 11.5 Å². The molecule has 74 valence electrons. The average molecular weight is 210 g/mol. The molecule has 0 aliphatic heterocycles. The van der Waals surface area contributed by atoms with Crippen molar-refractivity contribution in [3.63, 3.8) is 0 Å². The maximum Gasteiger partial charge on any atom is 0.417 e. The van der Waals surface area contributed by atoms with Crippen LogP contribution in [-0.2, 0) is 0 Å². The number of hydrogen-bond acceptors (Lipinski definition) is 4. The summed E-state index contributed by atoms with van der Waals surface area (Å²) >= 11 is 4.11. The first kappa shape index (κ1) is 9.36. The molecule has 14 heavy (non-hydrogen) atoms. The first-order valence-electron chi connectivity index (χ1n) is 4.20. The number of benzene rings is 1. The third-order valence-corrected chi connectivity index (χ3v) is 2.46. The van der Waals surface area contributed by atoms with Gasteiger partial charge in [-0.15, -0.1) is 0 Å². The van der Waals surface area contributed by atoms with Gasteiger partial charge in [0.2, 0.25) is 0 Å². The largest absolute Gasteiger partial charge is 0.417 e. The maximum absolute atomic E-state index is 10.9. The van der Waals surface area contributed by atoms with Crippen molar-refractivity contribution in [2.24, 2.45) is 5.73 Å². The van der Waals surface area contributed by atoms with Crippen molar-refractivity contribution in [1.29, 1.82) is 0 Å². The van der Waals surface area contributed by atoms with E-state index < -0.39 is 5.76 Å². The number of thiol groups is 1. The Bertz CT molecular complexity index is 503. The van der Waals surface area contributed by atoms with Gasteiger partial charge in [-0.1, -0.05) is 6.07 Å². The second kappa shape index (κ2) is 3.51. The molecule has 1 atom stereocenters. The molecule has 2 aromatic rings. The lowest BCUT2D eigenvalue weighted by atomic mass is 10.1. The first-order chi connectivity index (χ1) is 6.70. The molecule has 1 aromatic heterocycles. The first-order valence-corrected chi connectivity index (χ1v) is 4.83. The number of rotatable bonds is 2. The molecular weight excluding hydrogens is 200 g/mol. The van der Waals surface area contributed by atoms with Gasteiger partial charge in [0.1, 0.15) is 0 Å². The van der Waals surface area contributed by atoms with E-state index in [1.54, 1.807) is 12.1 Å². The molecule has 4 nitrogen and oxygen atoms in total. The van der Waals surface area contributed by atoms with Gasteiger partial charge >= 0.3 is 5.76 Å². The summed E-state index contributed by atoms with van der Waals surface area (Å²) in [5.41, 5.74) is 7.95. The van der Waals surface area contributed by atoms with Gasteiger partial charge in [-0.05, 0) is 17.7 Å². The number of nitrogens with two attached hydrogens (primary N) is 1. The van der Waals surface area contributed by atoms with Crippen molar-refractivity contribution >= 4 is 23.7 Å². The molecule has 1 heterocycles. The van der Waals surface area contributed by atoms with Crippen molar-refractivity contribution in [2.75, 3.05) is 5.75 Å². The number of oxazole rings is 1. The van der Waals surface area contributed by atoms with E-state index in [1.807, 2.05) is 6.07 Å². The van der Waals surface area contributed by atoms with E-state index in [-0.39, 0.29) is 6.04 Å². The van der Waals surface area contributed by atoms with Crippen LogP contribution in [0.1, 0.15) is 11.6 Å². The fourth-order valence-electron chi connectivity index (χ4n) is 1.31. The quantitative estimate of drug-likeness (QED) is 0.649. The highest BCUT2D eigenvalue weighted by Crippen LogP contribution is 2.17. The van der Waals surface area contributed by atoms with Crippen LogP contribution in [0.25, 0.3) is 11.1 Å². The van der Waals surface area contributed by atoms with Crippen LogP contribution in [0.3, 0.4) is 0 Å². The van der Waals surface area contributed by atoms with Gasteiger partial charge in [-0.2, -0.15) is 12.6 Å². The predicted molar refractivity (Wildman–Crippen MR) is 57.6 cm³/mol. The highest BCUT2D eigenvalue weighted by atomic mass is 32.1. The molecule has 5 heteroatoms. The van der Waals surface area contributed by atoms with Gasteiger partial charge in [-0.3, -0.25) is 4.98 Å². The summed E-state index contributed by atoms with van der Waals surface area (Å²) in [6.45, 7) is 0. The van der Waals surface area contributed by atoms with Gasteiger partial charge in [0.05, 0.1) is 5.52 Å². The van der Waals surface area contributed by atoms with Crippen molar-refractivity contribution in [3.8, 4) is 0 Å². The van der Waals surface area contributed by atoms with Gasteiger partial charge in [0.15, 0.2) is 5.58 Å². The minimum absolute atomic E-state index is 0.124. The standard InChI is InChI=1S/C9H10N2O2S/c10-6(4-14)5-1-2-8-7(3-5)11-9(12)13-8/h1-3,6,14H,4,10H2,(H,11,12). The summed E-state index contributed by atoms with van der Waals surface area (Å²) in [4.78, 5) is 13.4. The molecule has 0 aliphatic carbocycles. The van der Waals surface area contributed by atoms with Gasteiger partial charge in [0.25, 0.3) is 0 Å². The van der Waals surface area contributed by atoms with Crippen molar-refractivity contribution in [3.05, 3.63) is 34.3 Å². The van der Waals surface area contributed by atoms with Crippen LogP contribution in [0, 0.1) is 0 Å². The van der Waals surface area contributed by atoms with Crippen molar-refractivity contribution < 1.29 is 4.42 Å². The second-order valence-electron chi connectivity index (χ2n) is 3.06. The Hall–Kier alpha value is -1.20. The molecular formula is C9H10N2O2S. The van der Waals surface area contributed by atoms with Crippen LogP contribution in [0.2, 0.25) is 0 Å². The van der Waals surface area contributed by atoms with Crippen LogP contribution in [0.5, 0.6) is 0 Å². The van der Waals surface area contributed by atoms with E-state index >= 15 is 0 Å². The number of aromatic nitrogens is 1. The highest BCUT2D eigenvalue weighted by Gasteiger charge is 2.06. The molecule has 0 saturated heterocycles. The van der Waals surface area contributed by atoms with E-state index in [1.165, 1.54) is 0 Å². The Kier molecular flexibility index (Phi) is 2.35. The zero-order valence-corrected chi connectivity index (χ0v) is 8.25. The number of H-pyrrole nitrogens is 1. The summed E-state index contributed by atoms with van der Waals surface area (Å²) in [6, 6.07) is 5.24. The third kappa shape index (κ3) is 1.56. The number of nitrogens with one attached hydrogen (secondary N) is 1. The topological polar surface area (TPSA) is 72.0 Å². The summed E-state index contributed by atoms with van der Waals surface area (Å²) in [5, 5.41) is 0. The zero-order chi connectivity index (χ0) is 10.1. The fraction of sp³-hybridized carbons (Fsp3) is 0.222. The molecule has 1 aromatic carbocycles. The molecule has 3 N–H and O–H groups in total. The summed E-state index contributed by atoms with van der Waals surface area (Å²) < 4.78 is 4.87. The third-order valence-electron chi connectivity index (χ3n) is 2.07. The molecule has 0 fully saturated rings. The van der Waals surface area contributed by atoms with Crippen molar-refractivity contribution in [2.45, 2.75) is 6.04 Å². The number of hydrogen-bond donors (Lipinski definition) is 3. The monoisotopic (exact) mass is 210 g/mol. The molecule has 0 amide bonds. The predicted octanol–water partition coefficient (Wildman–Crippen LogP) is 1.05. The van der Waals surface area contributed by atoms with Gasteiger partial charge in [0, 0.05) is 11.8 Å². The van der Waals surface area contributed by atoms with E-state index in [2.05, 4.69) is 17.6 Å². The summed E-state index contributed by atoms with van der Waals surface area (Å²) in [7, 11) is 0. The maximum atomic E-state index is 10.9. The molecule has 0 aliphatic rings. The number of aromatic amines is 1. The second-order valence-corrected chi connectivity index (χ2v) is 3.42. The molecule has 0 spiro atoms. The van der Waals surface area contributed by atoms with E-state index in [9.17, 15) is 4.79 Å². The lowest BCUT2D eigenvalue weighted by molar-refractivity contribution is 0.555. The lowest BCUT2D eigenvalue weighted by Crippen LogP contribution is -2.11. The van der Waals surface area contributed by atoms with Gasteiger partial charge < -0.3 is 10.2 Å². The van der Waals surface area contributed by atoms with Crippen LogP contribution in [-0.4, -0.2) is 10.7 Å². The Morgan fingerprint density at radius 2 is 2.36 bits per heavy atom. The Morgan fingerprint density at radius 1 is 1.57 bits per heavy atom. The zero-order valence-electron chi connectivity index (χ0n) is 7.36. The summed E-state index contributed by atoms with van der Waals surface area (Å²) in [5.74, 6) is 0.115. The minimum Gasteiger partial charge on any atom is -0.408 e.